The minimum atomic E-state index is -3.15. The van der Waals surface area contributed by atoms with E-state index in [-0.39, 0.29) is 5.75 Å². The molecule has 0 aromatic carbocycles. The van der Waals surface area contributed by atoms with Crippen LogP contribution >= 0.6 is 0 Å². The first-order chi connectivity index (χ1) is 5.86. The molecule has 0 rings (SSSR count). The first-order valence-corrected chi connectivity index (χ1v) is 5.87. The highest BCUT2D eigenvalue weighted by molar-refractivity contribution is 7.92. The third-order valence-corrected chi connectivity index (χ3v) is 4.59. The van der Waals surface area contributed by atoms with E-state index < -0.39 is 27.0 Å². The van der Waals surface area contributed by atoms with E-state index in [1.165, 1.54) is 14.0 Å². The Bertz CT molecular complexity index is 268. The van der Waals surface area contributed by atoms with Crippen LogP contribution < -0.4 is 0 Å². The number of rotatable bonds is 4. The summed E-state index contributed by atoms with van der Waals surface area (Å²) in [6.07, 6.45) is 0. The lowest BCUT2D eigenvalue weighted by atomic mass is 10.1. The molecule has 0 spiro atoms. The summed E-state index contributed by atoms with van der Waals surface area (Å²) in [5, 5.41) is -0.676. The SMILES string of the molecule is CCS(=O)(=O)C(C)C(C)C(=O)OC. The molecule has 0 aliphatic rings. The molecule has 2 atom stereocenters. The van der Waals surface area contributed by atoms with Gasteiger partial charge >= 0.3 is 5.97 Å². The Morgan fingerprint density at radius 1 is 1.38 bits per heavy atom. The average Bonchev–Trinajstić information content (AvgIpc) is 2.14. The summed E-state index contributed by atoms with van der Waals surface area (Å²) in [4.78, 5) is 11.0. The van der Waals surface area contributed by atoms with Crippen LogP contribution in [0.5, 0.6) is 0 Å². The van der Waals surface area contributed by atoms with Crippen LogP contribution in [0.4, 0.5) is 0 Å². The third kappa shape index (κ3) is 2.99. The van der Waals surface area contributed by atoms with E-state index in [2.05, 4.69) is 4.74 Å². The fourth-order valence-electron chi connectivity index (χ4n) is 0.951. The van der Waals surface area contributed by atoms with E-state index in [0.29, 0.717) is 0 Å². The van der Waals surface area contributed by atoms with E-state index >= 15 is 0 Å². The van der Waals surface area contributed by atoms with Crippen LogP contribution in [0.1, 0.15) is 20.8 Å². The highest BCUT2D eigenvalue weighted by atomic mass is 32.2. The summed E-state index contributed by atoms with van der Waals surface area (Å²) in [5.74, 6) is -1.03. The van der Waals surface area contributed by atoms with Crippen molar-refractivity contribution in [3.63, 3.8) is 0 Å². The van der Waals surface area contributed by atoms with Crippen molar-refractivity contribution in [1.29, 1.82) is 0 Å². The Hall–Kier alpha value is -0.580. The van der Waals surface area contributed by atoms with E-state index in [1.807, 2.05) is 0 Å². The lowest BCUT2D eigenvalue weighted by Gasteiger charge is -2.16. The first-order valence-electron chi connectivity index (χ1n) is 4.16. The van der Waals surface area contributed by atoms with Crippen molar-refractivity contribution < 1.29 is 17.9 Å². The molecule has 0 saturated carbocycles. The quantitative estimate of drug-likeness (QED) is 0.635. The zero-order chi connectivity index (χ0) is 10.6. The van der Waals surface area contributed by atoms with Gasteiger partial charge in [-0.25, -0.2) is 8.42 Å². The highest BCUT2D eigenvalue weighted by Crippen LogP contribution is 2.14. The van der Waals surface area contributed by atoms with Gasteiger partial charge in [-0.15, -0.1) is 0 Å². The standard InChI is InChI=1S/C8H16O4S/c1-5-13(10,11)7(3)6(2)8(9)12-4/h6-7H,5H2,1-4H3. The van der Waals surface area contributed by atoms with Gasteiger partial charge in [0.25, 0.3) is 0 Å². The summed E-state index contributed by atoms with van der Waals surface area (Å²) in [6.45, 7) is 4.65. The monoisotopic (exact) mass is 208 g/mol. The maximum absolute atomic E-state index is 11.4. The molecule has 0 saturated heterocycles. The molecule has 0 bridgehead atoms. The number of sulfone groups is 1. The van der Waals surface area contributed by atoms with Gasteiger partial charge in [0.05, 0.1) is 18.3 Å². The van der Waals surface area contributed by atoms with Crippen LogP contribution in [0.25, 0.3) is 0 Å². The first kappa shape index (κ1) is 12.4. The van der Waals surface area contributed by atoms with E-state index in [0.717, 1.165) is 0 Å². The van der Waals surface area contributed by atoms with E-state index in [9.17, 15) is 13.2 Å². The summed E-state index contributed by atoms with van der Waals surface area (Å²) >= 11 is 0. The van der Waals surface area contributed by atoms with Gasteiger partial charge in [-0.1, -0.05) is 13.8 Å². The van der Waals surface area contributed by atoms with Crippen molar-refractivity contribution in [2.24, 2.45) is 5.92 Å². The number of methoxy groups -OCH3 is 1. The third-order valence-electron chi connectivity index (χ3n) is 2.25. The Kier molecular flexibility index (Phi) is 4.39. The second-order valence-corrected chi connectivity index (χ2v) is 5.62. The Morgan fingerprint density at radius 2 is 1.85 bits per heavy atom. The van der Waals surface area contributed by atoms with Crippen LogP contribution in [0.15, 0.2) is 0 Å². The molecule has 2 unspecified atom stereocenters. The zero-order valence-corrected chi connectivity index (χ0v) is 9.22. The number of carbonyl (C=O) groups is 1. The normalized spacial score (nSPS) is 16.3. The predicted molar refractivity (Wildman–Crippen MR) is 50.1 cm³/mol. The van der Waals surface area contributed by atoms with Gasteiger partial charge in [0.15, 0.2) is 9.84 Å². The summed E-state index contributed by atoms with van der Waals surface area (Å²) < 4.78 is 27.2. The lowest BCUT2D eigenvalue weighted by molar-refractivity contribution is -0.144. The van der Waals surface area contributed by atoms with Crippen LogP contribution in [-0.2, 0) is 19.4 Å². The van der Waals surface area contributed by atoms with Gasteiger partial charge in [0.2, 0.25) is 0 Å². The average molecular weight is 208 g/mol. The molecule has 0 aliphatic carbocycles. The number of esters is 1. The van der Waals surface area contributed by atoms with Crippen molar-refractivity contribution in [3.05, 3.63) is 0 Å². The largest absolute Gasteiger partial charge is 0.469 e. The molecule has 0 radical (unpaired) electrons. The Morgan fingerprint density at radius 3 is 2.15 bits per heavy atom. The highest BCUT2D eigenvalue weighted by Gasteiger charge is 2.30. The minimum absolute atomic E-state index is 0.0511. The molecule has 0 fully saturated rings. The molecular formula is C8H16O4S. The molecule has 0 aliphatic heterocycles. The van der Waals surface area contributed by atoms with Crippen molar-refractivity contribution in [3.8, 4) is 0 Å². The van der Waals surface area contributed by atoms with Gasteiger partial charge in [-0.2, -0.15) is 0 Å². The van der Waals surface area contributed by atoms with Gasteiger partial charge in [0, 0.05) is 5.75 Å². The van der Waals surface area contributed by atoms with Crippen LogP contribution in [0, 0.1) is 5.92 Å². The summed E-state index contributed by atoms with van der Waals surface area (Å²) in [5.41, 5.74) is 0. The smallest absolute Gasteiger partial charge is 0.309 e. The minimum Gasteiger partial charge on any atom is -0.469 e. The maximum Gasteiger partial charge on any atom is 0.309 e. The van der Waals surface area contributed by atoms with Crippen LogP contribution in [0.2, 0.25) is 0 Å². The van der Waals surface area contributed by atoms with Crippen molar-refractivity contribution in [2.75, 3.05) is 12.9 Å². The van der Waals surface area contributed by atoms with E-state index in [1.54, 1.807) is 13.8 Å². The second kappa shape index (κ2) is 4.60. The Labute approximate surface area is 79.2 Å². The predicted octanol–water partition coefficient (Wildman–Crippen LogP) is 0.619. The topological polar surface area (TPSA) is 60.4 Å². The summed E-state index contributed by atoms with van der Waals surface area (Å²) in [6, 6.07) is 0. The Balaban J connectivity index is 4.61. The van der Waals surface area contributed by atoms with Gasteiger partial charge < -0.3 is 4.74 Å². The second-order valence-electron chi connectivity index (χ2n) is 2.97. The molecule has 0 heterocycles. The zero-order valence-electron chi connectivity index (χ0n) is 8.40. The molecule has 0 N–H and O–H groups in total. The molecule has 0 aromatic heterocycles. The molecule has 13 heavy (non-hydrogen) atoms. The van der Waals surface area contributed by atoms with Gasteiger partial charge in [-0.05, 0) is 6.92 Å². The number of ether oxygens (including phenoxy) is 1. The molecule has 78 valence electrons. The number of hydrogen-bond acceptors (Lipinski definition) is 4. The molecular weight excluding hydrogens is 192 g/mol. The maximum atomic E-state index is 11.4. The number of carbonyl (C=O) groups excluding carboxylic acids is 1. The fraction of sp³-hybridized carbons (Fsp3) is 0.875. The van der Waals surface area contributed by atoms with Crippen LogP contribution in [-0.4, -0.2) is 32.5 Å². The van der Waals surface area contributed by atoms with Crippen molar-refractivity contribution >= 4 is 15.8 Å². The van der Waals surface area contributed by atoms with Crippen molar-refractivity contribution in [2.45, 2.75) is 26.0 Å². The van der Waals surface area contributed by atoms with Crippen molar-refractivity contribution in [1.82, 2.24) is 0 Å². The molecule has 0 aromatic rings. The lowest BCUT2D eigenvalue weighted by Crippen LogP contribution is -2.32. The van der Waals surface area contributed by atoms with E-state index in [4.69, 9.17) is 0 Å². The molecule has 4 nitrogen and oxygen atoms in total. The number of hydrogen-bond donors (Lipinski definition) is 0. The van der Waals surface area contributed by atoms with Gasteiger partial charge in [-0.3, -0.25) is 4.79 Å². The van der Waals surface area contributed by atoms with Crippen LogP contribution in [0.3, 0.4) is 0 Å². The van der Waals surface area contributed by atoms with Gasteiger partial charge in [0.1, 0.15) is 0 Å². The molecule has 5 heteroatoms. The summed E-state index contributed by atoms with van der Waals surface area (Å²) in [7, 11) is -1.90. The fourth-order valence-corrected chi connectivity index (χ4v) is 2.21. The molecule has 0 amide bonds.